The zero-order chi connectivity index (χ0) is 22.0. The average Bonchev–Trinajstić information content (AvgIpc) is 3.44. The minimum Gasteiger partial charge on any atom is -0.348 e. The number of nitrogens with zero attached hydrogens (tertiary/aromatic N) is 2. The van der Waals surface area contributed by atoms with Gasteiger partial charge in [-0.25, -0.2) is 4.39 Å². The molecule has 0 unspecified atom stereocenters. The molecule has 0 radical (unpaired) electrons. The third-order valence-electron chi connectivity index (χ3n) is 5.88. The molecule has 2 heterocycles. The van der Waals surface area contributed by atoms with Gasteiger partial charge >= 0.3 is 0 Å². The van der Waals surface area contributed by atoms with Crippen molar-refractivity contribution in [3.63, 3.8) is 0 Å². The molecule has 6 heteroatoms. The lowest BCUT2D eigenvalue weighted by molar-refractivity contribution is -0.138. The van der Waals surface area contributed by atoms with Gasteiger partial charge in [0.2, 0.25) is 5.91 Å². The van der Waals surface area contributed by atoms with Crippen LogP contribution in [0.1, 0.15) is 22.3 Å². The Bertz CT molecular complexity index is 1100. The predicted molar refractivity (Wildman–Crippen MR) is 122 cm³/mol. The average molecular weight is 437 g/mol. The second-order valence-corrected chi connectivity index (χ2v) is 9.24. The van der Waals surface area contributed by atoms with Crippen molar-refractivity contribution >= 4 is 23.2 Å². The molecule has 160 valence electrons. The highest BCUT2D eigenvalue weighted by atomic mass is 32.1. The molecule has 0 saturated carbocycles. The van der Waals surface area contributed by atoms with Crippen molar-refractivity contribution in [2.45, 2.75) is 12.8 Å². The van der Waals surface area contributed by atoms with Gasteiger partial charge in [0.05, 0.1) is 11.0 Å². The van der Waals surface area contributed by atoms with Crippen molar-refractivity contribution < 1.29 is 14.0 Å². The second-order valence-electron chi connectivity index (χ2n) is 8.29. The Morgan fingerprint density at radius 1 is 1.10 bits per heavy atom. The summed E-state index contributed by atoms with van der Waals surface area (Å²) in [5, 5.41) is 2.04. The van der Waals surface area contributed by atoms with Crippen LogP contribution in [0.15, 0.2) is 66.0 Å². The van der Waals surface area contributed by atoms with Gasteiger partial charge in [-0.05, 0) is 47.5 Å². The molecule has 1 aliphatic heterocycles. The molecule has 1 aromatic heterocycles. The molecular weight excluding hydrogens is 411 g/mol. The molecule has 1 atom stereocenters. The van der Waals surface area contributed by atoms with E-state index in [0.717, 1.165) is 11.1 Å². The minimum absolute atomic E-state index is 0.00198. The Labute approximate surface area is 185 Å². The van der Waals surface area contributed by atoms with Crippen LogP contribution in [0.2, 0.25) is 0 Å². The summed E-state index contributed by atoms with van der Waals surface area (Å²) < 4.78 is 14.2. The van der Waals surface area contributed by atoms with Crippen LogP contribution >= 0.6 is 11.3 Å². The maximum absolute atomic E-state index is 14.2. The van der Waals surface area contributed by atoms with Crippen LogP contribution < -0.4 is 0 Å². The molecule has 0 aliphatic carbocycles. The fourth-order valence-corrected chi connectivity index (χ4v) is 5.11. The topological polar surface area (TPSA) is 40.6 Å². The molecule has 0 spiro atoms. The fraction of sp³-hybridized carbons (Fsp3) is 0.280. The fourth-order valence-electron chi connectivity index (χ4n) is 4.39. The lowest BCUT2D eigenvalue weighted by Crippen LogP contribution is -2.44. The predicted octanol–water partition coefficient (Wildman–Crippen LogP) is 4.72. The number of carbonyl (C=O) groups is 2. The number of thiophene rings is 1. The molecule has 2 aromatic carbocycles. The molecule has 1 fully saturated rings. The lowest BCUT2D eigenvalue weighted by atomic mass is 9.79. The maximum atomic E-state index is 14.2. The first kappa shape index (κ1) is 21.2. The summed E-state index contributed by atoms with van der Waals surface area (Å²) in [5.41, 5.74) is 1.51. The SMILES string of the molecule is CN(C)C(=O)[C@]1(Cc2cccc(-c3cccs3)c2)CCN(C(=O)c2ccccc2F)C1. The first-order valence-electron chi connectivity index (χ1n) is 10.3. The smallest absolute Gasteiger partial charge is 0.256 e. The van der Waals surface area contributed by atoms with Gasteiger partial charge in [-0.1, -0.05) is 42.5 Å². The number of likely N-dealkylation sites (tertiary alicyclic amines) is 1. The van der Waals surface area contributed by atoms with Crippen LogP contribution in [0.4, 0.5) is 4.39 Å². The highest BCUT2D eigenvalue weighted by Gasteiger charge is 2.47. The van der Waals surface area contributed by atoms with Gasteiger partial charge in [-0.3, -0.25) is 9.59 Å². The summed E-state index contributed by atoms with van der Waals surface area (Å²) in [4.78, 5) is 30.6. The molecule has 4 nitrogen and oxygen atoms in total. The summed E-state index contributed by atoms with van der Waals surface area (Å²) in [6.07, 6.45) is 1.08. The molecule has 0 bridgehead atoms. The summed E-state index contributed by atoms with van der Waals surface area (Å²) in [6, 6.07) is 18.3. The summed E-state index contributed by atoms with van der Waals surface area (Å²) >= 11 is 1.68. The third-order valence-corrected chi connectivity index (χ3v) is 6.80. The van der Waals surface area contributed by atoms with E-state index >= 15 is 0 Å². The number of rotatable bonds is 5. The number of amides is 2. The summed E-state index contributed by atoms with van der Waals surface area (Å²) in [5.74, 6) is -0.899. The van der Waals surface area contributed by atoms with E-state index in [-0.39, 0.29) is 23.9 Å². The summed E-state index contributed by atoms with van der Waals surface area (Å²) in [6.45, 7) is 0.706. The molecule has 2 amide bonds. The van der Waals surface area contributed by atoms with Gasteiger partial charge in [-0.2, -0.15) is 0 Å². The number of halogens is 1. The van der Waals surface area contributed by atoms with Crippen LogP contribution in [0, 0.1) is 11.2 Å². The van der Waals surface area contributed by atoms with Crippen LogP contribution in [0.3, 0.4) is 0 Å². The molecule has 3 aromatic rings. The Morgan fingerprint density at radius 3 is 2.61 bits per heavy atom. The van der Waals surface area contributed by atoms with E-state index in [1.54, 1.807) is 47.4 Å². The van der Waals surface area contributed by atoms with Crippen LogP contribution in [-0.4, -0.2) is 48.8 Å². The maximum Gasteiger partial charge on any atom is 0.256 e. The van der Waals surface area contributed by atoms with Crippen molar-refractivity contribution in [3.05, 3.63) is 83.0 Å². The van der Waals surface area contributed by atoms with Gasteiger partial charge in [0, 0.05) is 32.1 Å². The van der Waals surface area contributed by atoms with Gasteiger partial charge in [-0.15, -0.1) is 11.3 Å². The Balaban J connectivity index is 1.62. The van der Waals surface area contributed by atoms with Crippen LogP contribution in [-0.2, 0) is 11.2 Å². The van der Waals surface area contributed by atoms with Gasteiger partial charge in [0.15, 0.2) is 0 Å². The molecule has 1 saturated heterocycles. The Kier molecular flexibility index (Phi) is 5.92. The van der Waals surface area contributed by atoms with E-state index in [0.29, 0.717) is 19.4 Å². The molecule has 0 N–H and O–H groups in total. The molecular formula is C25H25FN2O2S. The minimum atomic E-state index is -0.724. The second kappa shape index (κ2) is 8.63. The number of benzene rings is 2. The highest BCUT2D eigenvalue weighted by molar-refractivity contribution is 7.13. The third kappa shape index (κ3) is 4.26. The number of hydrogen-bond acceptors (Lipinski definition) is 3. The largest absolute Gasteiger partial charge is 0.348 e. The Hall–Kier alpha value is -2.99. The van der Waals surface area contributed by atoms with Gasteiger partial charge in [0.1, 0.15) is 5.82 Å². The van der Waals surface area contributed by atoms with Crippen molar-refractivity contribution in [2.75, 3.05) is 27.2 Å². The van der Waals surface area contributed by atoms with Crippen molar-refractivity contribution in [3.8, 4) is 10.4 Å². The van der Waals surface area contributed by atoms with E-state index in [2.05, 4.69) is 18.2 Å². The normalized spacial score (nSPS) is 18.2. The standard InChI is InChI=1S/C25H25FN2O2S/c1-27(2)24(30)25(16-18-7-5-8-19(15-18)22-11-6-14-31-22)12-13-28(17-25)23(29)20-9-3-4-10-21(20)26/h3-11,14-15H,12-13,16-17H2,1-2H3/t25-/m0/s1. The van der Waals surface area contributed by atoms with E-state index in [4.69, 9.17) is 0 Å². The van der Waals surface area contributed by atoms with Crippen molar-refractivity contribution in [1.29, 1.82) is 0 Å². The molecule has 4 rings (SSSR count). The van der Waals surface area contributed by atoms with Crippen molar-refractivity contribution in [1.82, 2.24) is 9.80 Å². The zero-order valence-electron chi connectivity index (χ0n) is 17.7. The van der Waals surface area contributed by atoms with E-state index in [1.165, 1.54) is 17.0 Å². The van der Waals surface area contributed by atoms with Gasteiger partial charge < -0.3 is 9.80 Å². The quantitative estimate of drug-likeness (QED) is 0.581. The first-order valence-corrected chi connectivity index (χ1v) is 11.2. The summed E-state index contributed by atoms with van der Waals surface area (Å²) in [7, 11) is 3.49. The van der Waals surface area contributed by atoms with E-state index < -0.39 is 11.2 Å². The Morgan fingerprint density at radius 2 is 1.90 bits per heavy atom. The van der Waals surface area contributed by atoms with Crippen LogP contribution in [0.5, 0.6) is 0 Å². The molecule has 1 aliphatic rings. The highest BCUT2D eigenvalue weighted by Crippen LogP contribution is 2.38. The number of hydrogen-bond donors (Lipinski definition) is 0. The molecule has 31 heavy (non-hydrogen) atoms. The monoisotopic (exact) mass is 436 g/mol. The van der Waals surface area contributed by atoms with Crippen LogP contribution in [0.25, 0.3) is 10.4 Å². The first-order chi connectivity index (χ1) is 14.9. The zero-order valence-corrected chi connectivity index (χ0v) is 18.5. The van der Waals surface area contributed by atoms with E-state index in [1.807, 2.05) is 23.6 Å². The number of carbonyl (C=O) groups excluding carboxylic acids is 2. The lowest BCUT2D eigenvalue weighted by Gasteiger charge is -2.31. The van der Waals surface area contributed by atoms with Gasteiger partial charge in [0.25, 0.3) is 5.91 Å². The van der Waals surface area contributed by atoms with E-state index in [9.17, 15) is 14.0 Å². The van der Waals surface area contributed by atoms with Crippen molar-refractivity contribution in [2.24, 2.45) is 5.41 Å².